The maximum atomic E-state index is 5.71. The predicted molar refractivity (Wildman–Crippen MR) is 82.9 cm³/mol. The van der Waals surface area contributed by atoms with E-state index >= 15 is 0 Å². The SMILES string of the molecule is Cc1cc(Br)ccc1OCc1nc(-c2ccccc2)no1. The molecule has 5 heteroatoms. The summed E-state index contributed by atoms with van der Waals surface area (Å²) in [5, 5.41) is 3.96. The fourth-order valence-electron chi connectivity index (χ4n) is 1.93. The van der Waals surface area contributed by atoms with E-state index in [1.54, 1.807) is 0 Å². The number of ether oxygens (including phenoxy) is 1. The van der Waals surface area contributed by atoms with Gasteiger partial charge in [-0.1, -0.05) is 51.4 Å². The van der Waals surface area contributed by atoms with E-state index in [2.05, 4.69) is 26.1 Å². The van der Waals surface area contributed by atoms with Gasteiger partial charge < -0.3 is 9.26 Å². The van der Waals surface area contributed by atoms with Gasteiger partial charge in [-0.25, -0.2) is 0 Å². The van der Waals surface area contributed by atoms with Crippen LogP contribution in [0.15, 0.2) is 57.5 Å². The van der Waals surface area contributed by atoms with Gasteiger partial charge in [0.25, 0.3) is 5.89 Å². The Labute approximate surface area is 130 Å². The molecule has 0 bridgehead atoms. The summed E-state index contributed by atoms with van der Waals surface area (Å²) >= 11 is 3.43. The molecule has 3 rings (SSSR count). The van der Waals surface area contributed by atoms with E-state index in [1.807, 2.05) is 55.5 Å². The van der Waals surface area contributed by atoms with Gasteiger partial charge in [0.15, 0.2) is 6.61 Å². The van der Waals surface area contributed by atoms with Crippen LogP contribution in [0.1, 0.15) is 11.5 Å². The summed E-state index contributed by atoms with van der Waals surface area (Å²) in [5.74, 6) is 1.83. The Hall–Kier alpha value is -2.14. The van der Waals surface area contributed by atoms with E-state index < -0.39 is 0 Å². The first-order valence-corrected chi connectivity index (χ1v) is 7.28. The second-order valence-electron chi connectivity index (χ2n) is 4.58. The fraction of sp³-hybridized carbons (Fsp3) is 0.125. The van der Waals surface area contributed by atoms with Crippen molar-refractivity contribution in [1.82, 2.24) is 10.1 Å². The molecule has 0 saturated carbocycles. The Morgan fingerprint density at radius 1 is 1.14 bits per heavy atom. The molecule has 0 fully saturated rings. The first-order chi connectivity index (χ1) is 10.2. The number of hydrogen-bond donors (Lipinski definition) is 0. The fourth-order valence-corrected chi connectivity index (χ4v) is 2.41. The highest BCUT2D eigenvalue weighted by molar-refractivity contribution is 9.10. The smallest absolute Gasteiger partial charge is 0.264 e. The van der Waals surface area contributed by atoms with Crippen molar-refractivity contribution in [3.63, 3.8) is 0 Å². The van der Waals surface area contributed by atoms with E-state index in [9.17, 15) is 0 Å². The molecule has 1 heterocycles. The van der Waals surface area contributed by atoms with Crippen LogP contribution in [0.4, 0.5) is 0 Å². The van der Waals surface area contributed by atoms with Gasteiger partial charge in [0, 0.05) is 10.0 Å². The third kappa shape index (κ3) is 3.31. The lowest BCUT2D eigenvalue weighted by Gasteiger charge is -2.06. The minimum Gasteiger partial charge on any atom is -0.483 e. The summed E-state index contributed by atoms with van der Waals surface area (Å²) in [5.41, 5.74) is 1.97. The summed E-state index contributed by atoms with van der Waals surface area (Å²) in [6, 6.07) is 15.5. The molecule has 3 aromatic rings. The second kappa shape index (κ2) is 6.10. The number of benzene rings is 2. The number of nitrogens with zero attached hydrogens (tertiary/aromatic N) is 2. The van der Waals surface area contributed by atoms with Crippen molar-refractivity contribution in [3.05, 3.63) is 64.5 Å². The maximum Gasteiger partial charge on any atom is 0.264 e. The van der Waals surface area contributed by atoms with Crippen LogP contribution in [0.3, 0.4) is 0 Å². The van der Waals surface area contributed by atoms with Gasteiger partial charge >= 0.3 is 0 Å². The van der Waals surface area contributed by atoms with Crippen LogP contribution in [-0.4, -0.2) is 10.1 Å². The molecule has 0 N–H and O–H groups in total. The molecule has 0 saturated heterocycles. The maximum absolute atomic E-state index is 5.71. The number of hydrogen-bond acceptors (Lipinski definition) is 4. The largest absolute Gasteiger partial charge is 0.483 e. The van der Waals surface area contributed by atoms with Crippen LogP contribution in [0, 0.1) is 6.92 Å². The molecule has 2 aromatic carbocycles. The average molecular weight is 345 g/mol. The highest BCUT2D eigenvalue weighted by Crippen LogP contribution is 2.23. The minimum atomic E-state index is 0.252. The molecule has 1 aromatic heterocycles. The number of aromatic nitrogens is 2. The quantitative estimate of drug-likeness (QED) is 0.704. The van der Waals surface area contributed by atoms with Crippen molar-refractivity contribution < 1.29 is 9.26 Å². The van der Waals surface area contributed by atoms with Crippen LogP contribution in [0.2, 0.25) is 0 Å². The second-order valence-corrected chi connectivity index (χ2v) is 5.49. The molecule has 21 heavy (non-hydrogen) atoms. The summed E-state index contributed by atoms with van der Waals surface area (Å²) in [6.45, 7) is 2.24. The van der Waals surface area contributed by atoms with Gasteiger partial charge in [0.1, 0.15) is 5.75 Å². The molecule has 0 aliphatic rings. The molecule has 0 spiro atoms. The molecule has 4 nitrogen and oxygen atoms in total. The van der Waals surface area contributed by atoms with E-state index in [4.69, 9.17) is 9.26 Å². The zero-order valence-corrected chi connectivity index (χ0v) is 13.0. The van der Waals surface area contributed by atoms with E-state index in [0.717, 1.165) is 21.3 Å². The van der Waals surface area contributed by atoms with Gasteiger partial charge in [-0.15, -0.1) is 0 Å². The number of halogens is 1. The lowest BCUT2D eigenvalue weighted by molar-refractivity contribution is 0.241. The highest BCUT2D eigenvalue weighted by Gasteiger charge is 2.09. The van der Waals surface area contributed by atoms with Crippen molar-refractivity contribution >= 4 is 15.9 Å². The van der Waals surface area contributed by atoms with E-state index in [0.29, 0.717) is 11.7 Å². The minimum absolute atomic E-state index is 0.252. The molecular formula is C16H13BrN2O2. The lowest BCUT2D eigenvalue weighted by Crippen LogP contribution is -1.97. The first-order valence-electron chi connectivity index (χ1n) is 6.49. The molecular weight excluding hydrogens is 332 g/mol. The van der Waals surface area contributed by atoms with Gasteiger partial charge in [-0.2, -0.15) is 4.98 Å². The Morgan fingerprint density at radius 3 is 2.71 bits per heavy atom. The highest BCUT2D eigenvalue weighted by atomic mass is 79.9. The zero-order valence-electron chi connectivity index (χ0n) is 11.4. The normalized spacial score (nSPS) is 10.6. The number of aryl methyl sites for hydroxylation is 1. The third-order valence-electron chi connectivity index (χ3n) is 2.99. The zero-order chi connectivity index (χ0) is 14.7. The van der Waals surface area contributed by atoms with Gasteiger partial charge in [0.2, 0.25) is 5.82 Å². The van der Waals surface area contributed by atoms with Crippen molar-refractivity contribution in [2.45, 2.75) is 13.5 Å². The van der Waals surface area contributed by atoms with E-state index in [-0.39, 0.29) is 6.61 Å². The van der Waals surface area contributed by atoms with E-state index in [1.165, 1.54) is 0 Å². The summed E-state index contributed by atoms with van der Waals surface area (Å²) < 4.78 is 11.9. The standard InChI is InChI=1S/C16H13BrN2O2/c1-11-9-13(17)7-8-14(11)20-10-15-18-16(19-21-15)12-5-3-2-4-6-12/h2-9H,10H2,1H3. The number of rotatable bonds is 4. The van der Waals surface area contributed by atoms with Gasteiger partial charge in [-0.05, 0) is 30.7 Å². The van der Waals surface area contributed by atoms with Crippen LogP contribution in [-0.2, 0) is 6.61 Å². The topological polar surface area (TPSA) is 48.2 Å². The van der Waals surface area contributed by atoms with Crippen LogP contribution >= 0.6 is 15.9 Å². The van der Waals surface area contributed by atoms with Crippen molar-refractivity contribution in [2.24, 2.45) is 0 Å². The Balaban J connectivity index is 1.70. The molecule has 0 atom stereocenters. The van der Waals surface area contributed by atoms with Crippen LogP contribution in [0.5, 0.6) is 5.75 Å². The summed E-state index contributed by atoms with van der Waals surface area (Å²) in [4.78, 5) is 4.33. The molecule has 0 aliphatic carbocycles. The van der Waals surface area contributed by atoms with Gasteiger partial charge in [-0.3, -0.25) is 0 Å². The van der Waals surface area contributed by atoms with Crippen molar-refractivity contribution in [1.29, 1.82) is 0 Å². The summed E-state index contributed by atoms with van der Waals surface area (Å²) in [6.07, 6.45) is 0. The van der Waals surface area contributed by atoms with Crippen LogP contribution < -0.4 is 4.74 Å². The molecule has 0 unspecified atom stereocenters. The first kappa shape index (κ1) is 13.8. The molecule has 0 radical (unpaired) electrons. The summed E-state index contributed by atoms with van der Waals surface area (Å²) in [7, 11) is 0. The average Bonchev–Trinajstić information content (AvgIpc) is 2.96. The van der Waals surface area contributed by atoms with Gasteiger partial charge in [0.05, 0.1) is 0 Å². The predicted octanol–water partition coefficient (Wildman–Crippen LogP) is 4.39. The molecule has 0 aliphatic heterocycles. The Kier molecular flexibility index (Phi) is 4.01. The van der Waals surface area contributed by atoms with Crippen LogP contribution in [0.25, 0.3) is 11.4 Å². The van der Waals surface area contributed by atoms with Crippen molar-refractivity contribution in [3.8, 4) is 17.1 Å². The lowest BCUT2D eigenvalue weighted by atomic mass is 10.2. The molecule has 106 valence electrons. The van der Waals surface area contributed by atoms with Crippen molar-refractivity contribution in [2.75, 3.05) is 0 Å². The monoisotopic (exact) mass is 344 g/mol. The Morgan fingerprint density at radius 2 is 1.95 bits per heavy atom. The third-order valence-corrected chi connectivity index (χ3v) is 3.48. The Bertz CT molecular complexity index is 741. The molecule has 0 amide bonds.